The quantitative estimate of drug-likeness (QED) is 0.359. The highest BCUT2D eigenvalue weighted by molar-refractivity contribution is 5.82. The van der Waals surface area contributed by atoms with E-state index in [4.69, 9.17) is 14.2 Å². The van der Waals surface area contributed by atoms with E-state index in [-0.39, 0.29) is 23.5 Å². The number of ether oxygens (including phenoxy) is 3. The molecule has 0 aliphatic heterocycles. The van der Waals surface area contributed by atoms with E-state index in [1.165, 1.54) is 24.3 Å². The summed E-state index contributed by atoms with van der Waals surface area (Å²) in [5.74, 6) is 0.175. The highest BCUT2D eigenvalue weighted by atomic mass is 16.6. The summed E-state index contributed by atoms with van der Waals surface area (Å²) in [7, 11) is 0. The summed E-state index contributed by atoms with van der Waals surface area (Å²) in [5, 5.41) is 13.3. The van der Waals surface area contributed by atoms with Crippen LogP contribution in [0.5, 0.6) is 11.5 Å². The van der Waals surface area contributed by atoms with Gasteiger partial charge in [0.15, 0.2) is 0 Å². The first-order valence-corrected chi connectivity index (χ1v) is 10.5. The third-order valence-electron chi connectivity index (χ3n) is 4.03. The fraction of sp³-hybridized carbons (Fsp3) is 0.417. The lowest BCUT2D eigenvalue weighted by atomic mass is 10.1. The number of hydrogen-bond donors (Lipinski definition) is 1. The van der Waals surface area contributed by atoms with E-state index < -0.39 is 28.6 Å². The van der Waals surface area contributed by atoms with E-state index in [0.29, 0.717) is 5.75 Å². The second-order valence-electron chi connectivity index (χ2n) is 9.43. The summed E-state index contributed by atoms with van der Waals surface area (Å²) in [6.07, 6.45) is -0.715. The minimum atomic E-state index is -1.01. The molecule has 2 aromatic rings. The fourth-order valence-electron chi connectivity index (χ4n) is 2.76. The van der Waals surface area contributed by atoms with Gasteiger partial charge in [-0.25, -0.2) is 9.59 Å². The molecule has 0 aromatic heterocycles. The molecule has 1 amide bonds. The van der Waals surface area contributed by atoms with E-state index in [1.54, 1.807) is 32.9 Å². The van der Waals surface area contributed by atoms with Crippen molar-refractivity contribution in [3.8, 4) is 11.5 Å². The van der Waals surface area contributed by atoms with Crippen molar-refractivity contribution in [3.05, 3.63) is 64.2 Å². The normalized spacial score (nSPS) is 12.4. The van der Waals surface area contributed by atoms with Gasteiger partial charge in [0, 0.05) is 18.6 Å². The lowest BCUT2D eigenvalue weighted by Crippen LogP contribution is -2.46. The number of amides is 1. The standard InChI is InChI=1S/C24H30N2O7/c1-23(2,3)32-19-11-7-16(8-12-19)15-20(21(27)33-24(4,5)6)25-22(28)31-18-13-9-17(10-14-18)26(29)30/h7-14,20H,15H2,1-6H3,(H,25,28)/t20-/m0/s1. The molecule has 0 spiro atoms. The number of carbonyl (C=O) groups is 2. The topological polar surface area (TPSA) is 117 Å². The predicted octanol–water partition coefficient (Wildman–Crippen LogP) is 4.81. The number of nitrogens with one attached hydrogen (secondary N) is 1. The van der Waals surface area contributed by atoms with E-state index in [0.717, 1.165) is 5.56 Å². The number of hydrogen-bond acceptors (Lipinski definition) is 7. The van der Waals surface area contributed by atoms with Crippen LogP contribution in [0.15, 0.2) is 48.5 Å². The molecule has 0 aliphatic rings. The summed E-state index contributed by atoms with van der Waals surface area (Å²) in [6.45, 7) is 11.0. The average Bonchev–Trinajstić information content (AvgIpc) is 2.67. The molecular formula is C24H30N2O7. The van der Waals surface area contributed by atoms with Crippen molar-refractivity contribution in [2.75, 3.05) is 0 Å². The van der Waals surface area contributed by atoms with Crippen LogP contribution in [0.2, 0.25) is 0 Å². The molecule has 0 bridgehead atoms. The Morgan fingerprint density at radius 3 is 1.94 bits per heavy atom. The molecule has 0 saturated carbocycles. The van der Waals surface area contributed by atoms with Crippen LogP contribution in [0, 0.1) is 10.1 Å². The first kappa shape index (κ1) is 25.6. The van der Waals surface area contributed by atoms with Gasteiger partial charge in [0.2, 0.25) is 0 Å². The Morgan fingerprint density at radius 2 is 1.45 bits per heavy atom. The molecule has 1 N–H and O–H groups in total. The first-order chi connectivity index (χ1) is 15.2. The molecule has 1 atom stereocenters. The van der Waals surface area contributed by atoms with Gasteiger partial charge in [-0.1, -0.05) is 12.1 Å². The van der Waals surface area contributed by atoms with Crippen LogP contribution in [-0.2, 0) is 16.0 Å². The van der Waals surface area contributed by atoms with Gasteiger partial charge in [-0.15, -0.1) is 0 Å². The predicted molar refractivity (Wildman–Crippen MR) is 122 cm³/mol. The zero-order chi connectivity index (χ0) is 24.8. The average molecular weight is 459 g/mol. The molecule has 0 aliphatic carbocycles. The van der Waals surface area contributed by atoms with Gasteiger partial charge in [0.05, 0.1) is 4.92 Å². The summed E-state index contributed by atoms with van der Waals surface area (Å²) in [4.78, 5) is 35.4. The molecule has 0 radical (unpaired) electrons. The molecule has 2 rings (SSSR count). The molecule has 178 valence electrons. The molecule has 0 fully saturated rings. The second kappa shape index (κ2) is 10.3. The van der Waals surface area contributed by atoms with E-state index >= 15 is 0 Å². The molecule has 33 heavy (non-hydrogen) atoms. The molecule has 9 heteroatoms. The van der Waals surface area contributed by atoms with Crippen LogP contribution in [0.4, 0.5) is 10.5 Å². The summed E-state index contributed by atoms with van der Waals surface area (Å²) >= 11 is 0. The molecule has 0 saturated heterocycles. The minimum Gasteiger partial charge on any atom is -0.488 e. The number of nitro benzene ring substituents is 1. The number of carbonyl (C=O) groups excluding carboxylic acids is 2. The van der Waals surface area contributed by atoms with Gasteiger partial charge in [0.25, 0.3) is 5.69 Å². The highest BCUT2D eigenvalue weighted by Gasteiger charge is 2.28. The van der Waals surface area contributed by atoms with Crippen molar-refractivity contribution in [3.63, 3.8) is 0 Å². The Labute approximate surface area is 193 Å². The Bertz CT molecular complexity index is 972. The lowest BCUT2D eigenvalue weighted by Gasteiger charge is -2.25. The van der Waals surface area contributed by atoms with Crippen LogP contribution < -0.4 is 14.8 Å². The molecular weight excluding hydrogens is 428 g/mol. The largest absolute Gasteiger partial charge is 0.488 e. The van der Waals surface area contributed by atoms with Crippen molar-refractivity contribution in [2.24, 2.45) is 0 Å². The lowest BCUT2D eigenvalue weighted by molar-refractivity contribution is -0.384. The van der Waals surface area contributed by atoms with Gasteiger partial charge in [-0.05, 0) is 71.4 Å². The Balaban J connectivity index is 2.12. The van der Waals surface area contributed by atoms with Gasteiger partial charge >= 0.3 is 12.1 Å². The summed E-state index contributed by atoms with van der Waals surface area (Å²) < 4.78 is 16.4. The van der Waals surface area contributed by atoms with E-state index in [1.807, 2.05) is 32.9 Å². The van der Waals surface area contributed by atoms with Gasteiger partial charge in [-0.3, -0.25) is 10.1 Å². The molecule has 0 unspecified atom stereocenters. The summed E-state index contributed by atoms with van der Waals surface area (Å²) in [6, 6.07) is 11.2. The highest BCUT2D eigenvalue weighted by Crippen LogP contribution is 2.20. The maximum Gasteiger partial charge on any atom is 0.413 e. The zero-order valence-corrected chi connectivity index (χ0v) is 19.7. The van der Waals surface area contributed by atoms with Crippen molar-refractivity contribution < 1.29 is 28.7 Å². The Hall–Kier alpha value is -3.62. The Kier molecular flexibility index (Phi) is 8.03. The third kappa shape index (κ3) is 9.18. The van der Waals surface area contributed by atoms with Gasteiger partial charge < -0.3 is 19.5 Å². The van der Waals surface area contributed by atoms with Crippen LogP contribution in [0.3, 0.4) is 0 Å². The Morgan fingerprint density at radius 1 is 0.909 bits per heavy atom. The maximum absolute atomic E-state index is 12.7. The summed E-state index contributed by atoms with van der Waals surface area (Å²) in [5.41, 5.74) is -0.441. The van der Waals surface area contributed by atoms with Crippen LogP contribution >= 0.6 is 0 Å². The first-order valence-electron chi connectivity index (χ1n) is 10.5. The number of non-ortho nitro benzene ring substituents is 1. The zero-order valence-electron chi connectivity index (χ0n) is 19.7. The minimum absolute atomic E-state index is 0.102. The van der Waals surface area contributed by atoms with Crippen molar-refractivity contribution in [1.29, 1.82) is 0 Å². The number of esters is 1. The number of rotatable bonds is 7. The van der Waals surface area contributed by atoms with Crippen LogP contribution in [0.25, 0.3) is 0 Å². The monoisotopic (exact) mass is 458 g/mol. The molecule has 0 heterocycles. The second-order valence-corrected chi connectivity index (χ2v) is 9.43. The van der Waals surface area contributed by atoms with E-state index in [9.17, 15) is 19.7 Å². The van der Waals surface area contributed by atoms with Crippen LogP contribution in [-0.4, -0.2) is 34.2 Å². The SMILES string of the molecule is CC(C)(C)OC(=O)[C@H](Cc1ccc(OC(C)(C)C)cc1)NC(=O)Oc1ccc([N+](=O)[O-])cc1. The van der Waals surface area contributed by atoms with Gasteiger partial charge in [-0.2, -0.15) is 0 Å². The molecule has 9 nitrogen and oxygen atoms in total. The molecule has 2 aromatic carbocycles. The fourth-order valence-corrected chi connectivity index (χ4v) is 2.76. The number of nitrogens with zero attached hydrogens (tertiary/aromatic N) is 1. The number of benzene rings is 2. The smallest absolute Gasteiger partial charge is 0.413 e. The third-order valence-corrected chi connectivity index (χ3v) is 4.03. The van der Waals surface area contributed by atoms with Gasteiger partial charge in [0.1, 0.15) is 28.7 Å². The van der Waals surface area contributed by atoms with Crippen molar-refractivity contribution in [2.45, 2.75) is 65.2 Å². The number of nitro groups is 1. The van der Waals surface area contributed by atoms with Crippen molar-refractivity contribution in [1.82, 2.24) is 5.32 Å². The van der Waals surface area contributed by atoms with Crippen molar-refractivity contribution >= 4 is 17.7 Å². The van der Waals surface area contributed by atoms with E-state index in [2.05, 4.69) is 5.32 Å². The van der Waals surface area contributed by atoms with Crippen LogP contribution in [0.1, 0.15) is 47.1 Å². The maximum atomic E-state index is 12.7.